The molecule has 1 N–H and O–H groups in total. The van der Waals surface area contributed by atoms with Crippen LogP contribution >= 0.6 is 15.9 Å². The first-order valence-electron chi connectivity index (χ1n) is 5.80. The summed E-state index contributed by atoms with van der Waals surface area (Å²) in [5.41, 5.74) is 1.48. The van der Waals surface area contributed by atoms with E-state index in [0.717, 1.165) is 4.47 Å². The van der Waals surface area contributed by atoms with Gasteiger partial charge in [0.15, 0.2) is 0 Å². The van der Waals surface area contributed by atoms with Crippen LogP contribution in [0.25, 0.3) is 0 Å². The number of rotatable bonds is 3. The third kappa shape index (κ3) is 3.03. The third-order valence-electron chi connectivity index (χ3n) is 2.78. The molecule has 0 spiro atoms. The molecule has 0 unspecified atom stereocenters. The molecule has 0 saturated carbocycles. The maximum absolute atomic E-state index is 12.1. The lowest BCUT2D eigenvalue weighted by Gasteiger charge is -2.07. The van der Waals surface area contributed by atoms with Gasteiger partial charge >= 0.3 is 0 Å². The van der Waals surface area contributed by atoms with Gasteiger partial charge in [0.25, 0.3) is 11.6 Å². The first-order valence-corrected chi connectivity index (χ1v) is 6.59. The summed E-state index contributed by atoms with van der Waals surface area (Å²) >= 11 is 3.34. The van der Waals surface area contributed by atoms with Gasteiger partial charge in [-0.05, 0) is 47.1 Å². The quantitative estimate of drug-likeness (QED) is 0.683. The zero-order chi connectivity index (χ0) is 14.7. The number of hydrogen-bond acceptors (Lipinski definition) is 3. The van der Waals surface area contributed by atoms with E-state index in [2.05, 4.69) is 21.2 Å². The monoisotopic (exact) mass is 334 g/mol. The Bertz CT molecular complexity index is 686. The van der Waals surface area contributed by atoms with Crippen LogP contribution in [-0.4, -0.2) is 10.8 Å². The highest BCUT2D eigenvalue weighted by Gasteiger charge is 2.14. The van der Waals surface area contributed by atoms with E-state index in [1.54, 1.807) is 13.0 Å². The molecule has 0 aliphatic rings. The van der Waals surface area contributed by atoms with Gasteiger partial charge in [-0.25, -0.2) is 0 Å². The number of aryl methyl sites for hydroxylation is 1. The highest BCUT2D eigenvalue weighted by atomic mass is 79.9. The number of nitrogens with one attached hydrogen (secondary N) is 1. The fraction of sp³-hybridized carbons (Fsp3) is 0.0714. The average Bonchev–Trinajstić information content (AvgIpc) is 2.40. The lowest BCUT2D eigenvalue weighted by atomic mass is 10.1. The predicted octanol–water partition coefficient (Wildman–Crippen LogP) is 3.92. The summed E-state index contributed by atoms with van der Waals surface area (Å²) in [5, 5.41) is 13.5. The summed E-state index contributed by atoms with van der Waals surface area (Å²) in [6, 6.07) is 11.5. The number of nitro groups is 1. The van der Waals surface area contributed by atoms with Gasteiger partial charge in [0.1, 0.15) is 0 Å². The summed E-state index contributed by atoms with van der Waals surface area (Å²) in [6.45, 7) is 1.60. The van der Waals surface area contributed by atoms with Crippen LogP contribution in [0.3, 0.4) is 0 Å². The average molecular weight is 335 g/mol. The van der Waals surface area contributed by atoms with Gasteiger partial charge in [0, 0.05) is 21.7 Å². The SMILES string of the molecule is Cc1cc(C(=O)Nc2ccccc2Br)ccc1[N+](=O)[O-]. The van der Waals surface area contributed by atoms with Crippen LogP contribution < -0.4 is 5.32 Å². The Morgan fingerprint density at radius 2 is 1.95 bits per heavy atom. The highest BCUT2D eigenvalue weighted by Crippen LogP contribution is 2.23. The standard InChI is InChI=1S/C14H11BrN2O3/c1-9-8-10(6-7-13(9)17(19)20)14(18)16-12-5-3-2-4-11(12)15/h2-8H,1H3,(H,16,18). The number of hydrogen-bond donors (Lipinski definition) is 1. The van der Waals surface area contributed by atoms with Crippen molar-refractivity contribution in [2.24, 2.45) is 0 Å². The van der Waals surface area contributed by atoms with Gasteiger partial charge in [0.05, 0.1) is 10.6 Å². The summed E-state index contributed by atoms with van der Waals surface area (Å²) in [4.78, 5) is 22.4. The van der Waals surface area contributed by atoms with Crippen LogP contribution in [0.2, 0.25) is 0 Å². The third-order valence-corrected chi connectivity index (χ3v) is 3.47. The lowest BCUT2D eigenvalue weighted by molar-refractivity contribution is -0.385. The van der Waals surface area contributed by atoms with Crippen LogP contribution in [0.5, 0.6) is 0 Å². The number of nitro benzene ring substituents is 1. The Balaban J connectivity index is 2.24. The van der Waals surface area contributed by atoms with Gasteiger partial charge in [-0.15, -0.1) is 0 Å². The van der Waals surface area contributed by atoms with Crippen LogP contribution in [0, 0.1) is 17.0 Å². The smallest absolute Gasteiger partial charge is 0.272 e. The molecule has 0 atom stereocenters. The summed E-state index contributed by atoms with van der Waals surface area (Å²) in [5.74, 6) is -0.310. The molecule has 0 aromatic heterocycles. The van der Waals surface area contributed by atoms with Crippen molar-refractivity contribution < 1.29 is 9.72 Å². The molecule has 0 saturated heterocycles. The molecular weight excluding hydrogens is 324 g/mol. The summed E-state index contributed by atoms with van der Waals surface area (Å²) in [7, 11) is 0. The molecule has 5 nitrogen and oxygen atoms in total. The van der Waals surface area contributed by atoms with E-state index in [1.807, 2.05) is 18.2 Å². The largest absolute Gasteiger partial charge is 0.321 e. The minimum atomic E-state index is -0.467. The van der Waals surface area contributed by atoms with Gasteiger partial charge in [-0.3, -0.25) is 14.9 Å². The van der Waals surface area contributed by atoms with E-state index in [-0.39, 0.29) is 11.6 Å². The van der Waals surface area contributed by atoms with Crippen LogP contribution in [0.1, 0.15) is 15.9 Å². The molecule has 0 bridgehead atoms. The molecule has 0 radical (unpaired) electrons. The molecule has 2 aromatic rings. The topological polar surface area (TPSA) is 72.2 Å². The molecule has 102 valence electrons. The second-order valence-corrected chi connectivity index (χ2v) is 5.05. The number of anilines is 1. The van der Waals surface area contributed by atoms with Crippen molar-refractivity contribution in [1.82, 2.24) is 0 Å². The molecule has 2 aromatic carbocycles. The Morgan fingerprint density at radius 1 is 1.25 bits per heavy atom. The normalized spacial score (nSPS) is 10.1. The molecule has 0 aliphatic carbocycles. The zero-order valence-corrected chi connectivity index (χ0v) is 12.2. The summed E-state index contributed by atoms with van der Waals surface area (Å²) in [6.07, 6.45) is 0. The maximum Gasteiger partial charge on any atom is 0.272 e. The number of para-hydroxylation sites is 1. The Kier molecular flexibility index (Phi) is 4.14. The van der Waals surface area contributed by atoms with Crippen LogP contribution in [0.15, 0.2) is 46.9 Å². The number of amides is 1. The van der Waals surface area contributed by atoms with Crippen molar-refractivity contribution in [1.29, 1.82) is 0 Å². The van der Waals surface area contributed by atoms with Crippen molar-refractivity contribution >= 4 is 33.2 Å². The molecule has 0 heterocycles. The molecule has 20 heavy (non-hydrogen) atoms. The van der Waals surface area contributed by atoms with Crippen molar-refractivity contribution in [3.8, 4) is 0 Å². The van der Waals surface area contributed by atoms with E-state index in [1.165, 1.54) is 18.2 Å². The first kappa shape index (κ1) is 14.2. The molecule has 1 amide bonds. The highest BCUT2D eigenvalue weighted by molar-refractivity contribution is 9.10. The fourth-order valence-corrected chi connectivity index (χ4v) is 2.14. The van der Waals surface area contributed by atoms with Gasteiger partial charge in [-0.2, -0.15) is 0 Å². The maximum atomic E-state index is 12.1. The van der Waals surface area contributed by atoms with Gasteiger partial charge < -0.3 is 5.32 Å². The fourth-order valence-electron chi connectivity index (χ4n) is 1.76. The number of carbonyl (C=O) groups is 1. The first-order chi connectivity index (χ1) is 9.49. The van der Waals surface area contributed by atoms with E-state index < -0.39 is 4.92 Å². The van der Waals surface area contributed by atoms with Crippen LogP contribution in [-0.2, 0) is 0 Å². The second-order valence-electron chi connectivity index (χ2n) is 4.19. The van der Waals surface area contributed by atoms with Crippen molar-refractivity contribution in [2.75, 3.05) is 5.32 Å². The Labute approximate surface area is 123 Å². The summed E-state index contributed by atoms with van der Waals surface area (Å²) < 4.78 is 0.770. The number of benzene rings is 2. The Morgan fingerprint density at radius 3 is 2.55 bits per heavy atom. The molecule has 6 heteroatoms. The molecular formula is C14H11BrN2O3. The predicted molar refractivity (Wildman–Crippen MR) is 79.9 cm³/mol. The number of halogens is 1. The lowest BCUT2D eigenvalue weighted by Crippen LogP contribution is -2.12. The van der Waals surface area contributed by atoms with Gasteiger partial charge in [0.2, 0.25) is 0 Å². The van der Waals surface area contributed by atoms with E-state index in [9.17, 15) is 14.9 Å². The molecule has 2 rings (SSSR count). The number of nitrogens with zero attached hydrogens (tertiary/aromatic N) is 1. The van der Waals surface area contributed by atoms with Crippen molar-refractivity contribution in [3.05, 3.63) is 68.2 Å². The Hall–Kier alpha value is -2.21. The molecule has 0 fully saturated rings. The molecule has 0 aliphatic heterocycles. The van der Waals surface area contributed by atoms with E-state index in [4.69, 9.17) is 0 Å². The van der Waals surface area contributed by atoms with Crippen molar-refractivity contribution in [3.63, 3.8) is 0 Å². The van der Waals surface area contributed by atoms with E-state index in [0.29, 0.717) is 16.8 Å². The van der Waals surface area contributed by atoms with Crippen LogP contribution in [0.4, 0.5) is 11.4 Å². The second kappa shape index (κ2) is 5.83. The van der Waals surface area contributed by atoms with E-state index >= 15 is 0 Å². The van der Waals surface area contributed by atoms with Gasteiger partial charge in [-0.1, -0.05) is 12.1 Å². The minimum absolute atomic E-state index is 0.00226. The van der Waals surface area contributed by atoms with Crippen molar-refractivity contribution in [2.45, 2.75) is 6.92 Å². The number of carbonyl (C=O) groups excluding carboxylic acids is 1. The zero-order valence-electron chi connectivity index (χ0n) is 10.6. The minimum Gasteiger partial charge on any atom is -0.321 e.